The van der Waals surface area contributed by atoms with E-state index >= 15 is 0 Å². The highest BCUT2D eigenvalue weighted by Crippen LogP contribution is 2.17. The molecule has 1 amide bonds. The Morgan fingerprint density at radius 1 is 1.27 bits per heavy atom. The number of hydrogen-bond acceptors (Lipinski definition) is 5. The number of hydrogen-bond donors (Lipinski definition) is 1. The van der Waals surface area contributed by atoms with Gasteiger partial charge < -0.3 is 14.6 Å². The summed E-state index contributed by atoms with van der Waals surface area (Å²) in [5, 5.41) is 6.24. The molecular formula is C16H18N2O4. The van der Waals surface area contributed by atoms with Crippen molar-refractivity contribution in [2.45, 2.75) is 26.7 Å². The molecule has 0 atom stereocenters. The molecule has 1 aromatic carbocycles. The Hall–Kier alpha value is -2.63. The smallest absolute Gasteiger partial charge is 0.377 e. The third kappa shape index (κ3) is 4.18. The molecule has 0 saturated carbocycles. The Morgan fingerprint density at radius 2 is 1.95 bits per heavy atom. The van der Waals surface area contributed by atoms with Crippen molar-refractivity contribution in [3.05, 3.63) is 47.3 Å². The predicted octanol–water partition coefficient (Wildman–Crippen LogP) is 2.90. The molecule has 0 saturated heterocycles. The molecule has 0 aliphatic carbocycles. The van der Waals surface area contributed by atoms with Gasteiger partial charge in [0.2, 0.25) is 5.76 Å². The summed E-state index contributed by atoms with van der Waals surface area (Å²) in [4.78, 5) is 23.3. The fourth-order valence-electron chi connectivity index (χ4n) is 1.81. The van der Waals surface area contributed by atoms with Crippen LogP contribution in [0.2, 0.25) is 0 Å². The van der Waals surface area contributed by atoms with Gasteiger partial charge in [-0.15, -0.1) is 0 Å². The van der Waals surface area contributed by atoms with Gasteiger partial charge in [-0.25, -0.2) is 4.79 Å². The maximum Gasteiger partial charge on any atom is 0.377 e. The first-order chi connectivity index (χ1) is 10.5. The van der Waals surface area contributed by atoms with E-state index in [9.17, 15) is 9.59 Å². The topological polar surface area (TPSA) is 81.4 Å². The van der Waals surface area contributed by atoms with Crippen LogP contribution in [0.5, 0.6) is 0 Å². The number of nitrogens with one attached hydrogen (secondary N) is 1. The number of nitrogens with zero attached hydrogens (tertiary/aromatic N) is 1. The number of carbonyl (C=O) groups is 2. The van der Waals surface area contributed by atoms with E-state index in [1.165, 1.54) is 11.6 Å². The molecule has 0 radical (unpaired) electrons. The maximum atomic E-state index is 11.7. The van der Waals surface area contributed by atoms with E-state index in [1.807, 2.05) is 24.3 Å². The van der Waals surface area contributed by atoms with Gasteiger partial charge in [-0.1, -0.05) is 31.1 Å². The van der Waals surface area contributed by atoms with Crippen molar-refractivity contribution in [3.8, 4) is 0 Å². The van der Waals surface area contributed by atoms with E-state index in [0.717, 1.165) is 0 Å². The Kier molecular flexibility index (Phi) is 4.93. The van der Waals surface area contributed by atoms with Crippen molar-refractivity contribution in [3.63, 3.8) is 0 Å². The second-order valence-electron chi connectivity index (χ2n) is 5.23. The lowest BCUT2D eigenvalue weighted by Gasteiger charge is -2.08. The van der Waals surface area contributed by atoms with Crippen LogP contribution in [0.15, 0.2) is 34.9 Å². The van der Waals surface area contributed by atoms with Gasteiger partial charge in [-0.05, 0) is 30.5 Å². The Labute approximate surface area is 128 Å². The summed E-state index contributed by atoms with van der Waals surface area (Å²) in [6.07, 6.45) is 0. The van der Waals surface area contributed by atoms with Crippen molar-refractivity contribution >= 4 is 17.6 Å². The number of anilines is 1. The van der Waals surface area contributed by atoms with E-state index in [0.29, 0.717) is 17.3 Å². The Balaban J connectivity index is 1.84. The quantitative estimate of drug-likeness (QED) is 0.859. The number of esters is 1. The maximum absolute atomic E-state index is 11.7. The summed E-state index contributed by atoms with van der Waals surface area (Å²) >= 11 is 0. The number of aryl methyl sites for hydroxylation is 1. The molecule has 0 fully saturated rings. The highest BCUT2D eigenvalue weighted by molar-refractivity contribution is 5.94. The molecule has 6 nitrogen and oxygen atoms in total. The number of ether oxygens (including phenoxy) is 1. The van der Waals surface area contributed by atoms with Crippen LogP contribution in [0.4, 0.5) is 5.69 Å². The molecule has 116 valence electrons. The van der Waals surface area contributed by atoms with Gasteiger partial charge >= 0.3 is 5.97 Å². The first kappa shape index (κ1) is 15.8. The summed E-state index contributed by atoms with van der Waals surface area (Å²) in [6.45, 7) is 5.49. The van der Waals surface area contributed by atoms with Crippen LogP contribution < -0.4 is 5.32 Å². The van der Waals surface area contributed by atoms with Crippen molar-refractivity contribution in [1.29, 1.82) is 0 Å². The number of rotatable bonds is 5. The second kappa shape index (κ2) is 6.89. The molecule has 1 N–H and O–H groups in total. The summed E-state index contributed by atoms with van der Waals surface area (Å²) in [7, 11) is 0. The van der Waals surface area contributed by atoms with Crippen LogP contribution in [-0.2, 0) is 9.53 Å². The lowest BCUT2D eigenvalue weighted by Crippen LogP contribution is -2.20. The average molecular weight is 302 g/mol. The number of benzene rings is 1. The first-order valence-corrected chi connectivity index (χ1v) is 6.96. The minimum Gasteiger partial charge on any atom is -0.450 e. The zero-order chi connectivity index (χ0) is 16.1. The highest BCUT2D eigenvalue weighted by Gasteiger charge is 2.15. The van der Waals surface area contributed by atoms with Crippen molar-refractivity contribution in [1.82, 2.24) is 5.16 Å². The Bertz CT molecular complexity index is 659. The minimum absolute atomic E-state index is 0.0217. The monoisotopic (exact) mass is 302 g/mol. The summed E-state index contributed by atoms with van der Waals surface area (Å²) < 4.78 is 9.61. The van der Waals surface area contributed by atoms with Crippen LogP contribution >= 0.6 is 0 Å². The van der Waals surface area contributed by atoms with Gasteiger partial charge in [-0.2, -0.15) is 0 Å². The van der Waals surface area contributed by atoms with Crippen LogP contribution in [0, 0.1) is 6.92 Å². The van der Waals surface area contributed by atoms with Crippen molar-refractivity contribution < 1.29 is 18.8 Å². The van der Waals surface area contributed by atoms with E-state index < -0.39 is 11.9 Å². The predicted molar refractivity (Wildman–Crippen MR) is 80.7 cm³/mol. The molecule has 22 heavy (non-hydrogen) atoms. The molecule has 1 heterocycles. The fourth-order valence-corrected chi connectivity index (χ4v) is 1.81. The third-order valence-electron chi connectivity index (χ3n) is 3.02. The van der Waals surface area contributed by atoms with Crippen LogP contribution in [0.3, 0.4) is 0 Å². The average Bonchev–Trinajstić information content (AvgIpc) is 2.92. The molecule has 2 rings (SSSR count). The summed E-state index contributed by atoms with van der Waals surface area (Å²) in [5.74, 6) is -0.726. The molecule has 6 heteroatoms. The molecule has 1 aromatic heterocycles. The normalized spacial score (nSPS) is 10.5. The number of aromatic nitrogens is 1. The zero-order valence-corrected chi connectivity index (χ0v) is 12.8. The van der Waals surface area contributed by atoms with E-state index in [4.69, 9.17) is 9.26 Å². The van der Waals surface area contributed by atoms with E-state index in [-0.39, 0.29) is 12.4 Å². The molecular weight excluding hydrogens is 284 g/mol. The molecule has 0 unspecified atom stereocenters. The number of carbonyl (C=O) groups excluding carboxylic acids is 2. The summed E-state index contributed by atoms with van der Waals surface area (Å²) in [6, 6.07) is 8.97. The highest BCUT2D eigenvalue weighted by atomic mass is 16.6. The van der Waals surface area contributed by atoms with Crippen LogP contribution in [-0.4, -0.2) is 23.6 Å². The first-order valence-electron chi connectivity index (χ1n) is 6.96. The van der Waals surface area contributed by atoms with Gasteiger partial charge in [-0.3, -0.25) is 4.79 Å². The Morgan fingerprint density at radius 3 is 2.50 bits per heavy atom. The lowest BCUT2D eigenvalue weighted by atomic mass is 10.0. The van der Waals surface area contributed by atoms with E-state index in [1.54, 1.807) is 6.92 Å². The van der Waals surface area contributed by atoms with Crippen molar-refractivity contribution in [2.24, 2.45) is 0 Å². The van der Waals surface area contributed by atoms with Crippen LogP contribution in [0.25, 0.3) is 0 Å². The van der Waals surface area contributed by atoms with Gasteiger partial charge in [0, 0.05) is 11.8 Å². The largest absolute Gasteiger partial charge is 0.450 e. The molecule has 0 bridgehead atoms. The fraction of sp³-hybridized carbons (Fsp3) is 0.312. The van der Waals surface area contributed by atoms with Gasteiger partial charge in [0.1, 0.15) is 0 Å². The second-order valence-corrected chi connectivity index (χ2v) is 5.23. The third-order valence-corrected chi connectivity index (χ3v) is 3.02. The van der Waals surface area contributed by atoms with Crippen molar-refractivity contribution in [2.75, 3.05) is 11.9 Å². The standard InChI is InChI=1S/C16H18N2O4/c1-10(2)12-4-6-13(7-5-12)17-15(19)9-21-16(20)14-8-11(3)18-22-14/h4-8,10H,9H2,1-3H3,(H,17,19). The lowest BCUT2D eigenvalue weighted by molar-refractivity contribution is -0.119. The van der Waals surface area contributed by atoms with E-state index in [2.05, 4.69) is 24.3 Å². The zero-order valence-electron chi connectivity index (χ0n) is 12.8. The summed E-state index contributed by atoms with van der Waals surface area (Å²) in [5.41, 5.74) is 2.41. The SMILES string of the molecule is Cc1cc(C(=O)OCC(=O)Nc2ccc(C(C)C)cc2)on1. The molecule has 0 spiro atoms. The minimum atomic E-state index is -0.717. The molecule has 0 aliphatic heterocycles. The van der Waals surface area contributed by atoms with Crippen LogP contribution in [0.1, 0.15) is 41.6 Å². The van der Waals surface area contributed by atoms with Gasteiger partial charge in [0.25, 0.3) is 5.91 Å². The van der Waals surface area contributed by atoms with Gasteiger partial charge in [0.15, 0.2) is 6.61 Å². The van der Waals surface area contributed by atoms with Gasteiger partial charge in [0.05, 0.1) is 5.69 Å². The molecule has 2 aromatic rings. The number of amides is 1. The molecule has 0 aliphatic rings.